The zero-order valence-electron chi connectivity index (χ0n) is 12.6. The quantitative estimate of drug-likeness (QED) is 0.345. The van der Waals surface area contributed by atoms with Crippen LogP contribution in [-0.4, -0.2) is 0 Å². The number of unbranched alkanes of at least 4 members (excludes halogenated alkanes) is 6. The summed E-state index contributed by atoms with van der Waals surface area (Å²) in [4.78, 5) is 0. The monoisotopic (exact) mass is 239 g/mol. The Morgan fingerprint density at radius 2 is 1.24 bits per heavy atom. The van der Waals surface area contributed by atoms with E-state index < -0.39 is 0 Å². The van der Waals surface area contributed by atoms with Gasteiger partial charge >= 0.3 is 0 Å². The molecule has 0 fully saturated rings. The lowest BCUT2D eigenvalue weighted by Crippen LogP contribution is -1.99. The van der Waals surface area contributed by atoms with Gasteiger partial charge in [-0.2, -0.15) is 0 Å². The van der Waals surface area contributed by atoms with Crippen LogP contribution in [0.4, 0.5) is 0 Å². The molecular formula is C17H35. The van der Waals surface area contributed by atoms with Crippen LogP contribution in [0, 0.1) is 18.8 Å². The lowest BCUT2D eigenvalue weighted by molar-refractivity contribution is 0.399. The van der Waals surface area contributed by atoms with E-state index in [1.807, 2.05) is 0 Å². The third-order valence-corrected chi connectivity index (χ3v) is 3.95. The van der Waals surface area contributed by atoms with Crippen LogP contribution < -0.4 is 0 Å². The van der Waals surface area contributed by atoms with Crippen molar-refractivity contribution in [3.8, 4) is 0 Å². The van der Waals surface area contributed by atoms with Gasteiger partial charge in [0.2, 0.25) is 0 Å². The summed E-state index contributed by atoms with van der Waals surface area (Å²) in [6, 6.07) is 0. The molecule has 0 saturated heterocycles. The van der Waals surface area contributed by atoms with Gasteiger partial charge in [-0.05, 0) is 11.8 Å². The van der Waals surface area contributed by atoms with E-state index in [4.69, 9.17) is 0 Å². The van der Waals surface area contributed by atoms with E-state index >= 15 is 0 Å². The molecule has 0 aromatic heterocycles. The highest BCUT2D eigenvalue weighted by Crippen LogP contribution is 2.20. The molecule has 0 rings (SSSR count). The fraction of sp³-hybridized carbons (Fsp3) is 0.941. The van der Waals surface area contributed by atoms with Crippen molar-refractivity contribution in [1.82, 2.24) is 0 Å². The van der Waals surface area contributed by atoms with Crippen LogP contribution in [0.3, 0.4) is 0 Å². The minimum Gasteiger partial charge on any atom is -0.0654 e. The molecule has 0 aliphatic heterocycles. The Kier molecular flexibility index (Phi) is 12.5. The zero-order chi connectivity index (χ0) is 12.9. The average Bonchev–Trinajstić information content (AvgIpc) is 2.34. The summed E-state index contributed by atoms with van der Waals surface area (Å²) in [6.45, 7) is 11.0. The predicted octanol–water partition coefficient (Wildman–Crippen LogP) is 6.40. The summed E-state index contributed by atoms with van der Waals surface area (Å²) >= 11 is 0. The molecular weight excluding hydrogens is 204 g/mol. The Morgan fingerprint density at radius 3 is 1.82 bits per heavy atom. The smallest absolute Gasteiger partial charge is 0.0443 e. The molecule has 2 atom stereocenters. The van der Waals surface area contributed by atoms with Crippen molar-refractivity contribution < 1.29 is 0 Å². The minimum absolute atomic E-state index is 0.825. The second kappa shape index (κ2) is 12.5. The van der Waals surface area contributed by atoms with Gasteiger partial charge in [-0.15, -0.1) is 0 Å². The van der Waals surface area contributed by atoms with Crippen molar-refractivity contribution in [3.63, 3.8) is 0 Å². The van der Waals surface area contributed by atoms with Gasteiger partial charge in [0.15, 0.2) is 0 Å². The molecule has 1 radical (unpaired) electrons. The van der Waals surface area contributed by atoms with Crippen molar-refractivity contribution in [1.29, 1.82) is 0 Å². The fourth-order valence-corrected chi connectivity index (χ4v) is 2.31. The Hall–Kier alpha value is 0. The van der Waals surface area contributed by atoms with E-state index in [9.17, 15) is 0 Å². The molecule has 0 aliphatic rings. The maximum atomic E-state index is 3.97. The normalized spacial score (nSPS) is 14.8. The molecule has 0 aromatic carbocycles. The molecule has 0 aromatic rings. The van der Waals surface area contributed by atoms with Gasteiger partial charge in [0.05, 0.1) is 0 Å². The second-order valence-electron chi connectivity index (χ2n) is 5.99. The van der Waals surface area contributed by atoms with Crippen LogP contribution in [0.2, 0.25) is 0 Å². The molecule has 103 valence electrons. The zero-order valence-corrected chi connectivity index (χ0v) is 12.6. The lowest BCUT2D eigenvalue weighted by Gasteiger charge is -2.14. The standard InChI is InChI=1S/C17H35/c1-5-7-8-9-10-11-12-13-17(4)15-14-16(3)6-2/h16-17H,2,5-15H2,1,3-4H3. The van der Waals surface area contributed by atoms with E-state index in [1.54, 1.807) is 0 Å². The topological polar surface area (TPSA) is 0 Å². The van der Waals surface area contributed by atoms with Crippen molar-refractivity contribution in [2.45, 2.75) is 91.4 Å². The molecule has 0 heterocycles. The van der Waals surface area contributed by atoms with E-state index in [0.717, 1.165) is 18.3 Å². The fourth-order valence-electron chi connectivity index (χ4n) is 2.31. The minimum atomic E-state index is 0.825. The first-order valence-electron chi connectivity index (χ1n) is 7.99. The van der Waals surface area contributed by atoms with Crippen LogP contribution in [0.1, 0.15) is 91.4 Å². The summed E-state index contributed by atoms with van der Waals surface area (Å²) in [5, 5.41) is 0. The first kappa shape index (κ1) is 17.0. The third-order valence-electron chi connectivity index (χ3n) is 3.95. The largest absolute Gasteiger partial charge is 0.0654 e. The van der Waals surface area contributed by atoms with Crippen LogP contribution in [0.5, 0.6) is 0 Å². The van der Waals surface area contributed by atoms with E-state index in [0.29, 0.717) is 0 Å². The van der Waals surface area contributed by atoms with Gasteiger partial charge in [0, 0.05) is 0 Å². The van der Waals surface area contributed by atoms with Crippen LogP contribution in [0.15, 0.2) is 0 Å². The first-order valence-corrected chi connectivity index (χ1v) is 7.99. The van der Waals surface area contributed by atoms with Gasteiger partial charge in [-0.3, -0.25) is 0 Å². The summed E-state index contributed by atoms with van der Waals surface area (Å²) in [6.07, 6.45) is 15.4. The van der Waals surface area contributed by atoms with Gasteiger partial charge in [-0.1, -0.05) is 98.3 Å². The number of hydrogen-bond donors (Lipinski definition) is 0. The molecule has 0 amide bonds. The number of hydrogen-bond acceptors (Lipinski definition) is 0. The molecule has 0 aliphatic carbocycles. The molecule has 0 nitrogen and oxygen atoms in total. The molecule has 2 unspecified atom stereocenters. The van der Waals surface area contributed by atoms with E-state index in [1.165, 1.54) is 64.2 Å². The van der Waals surface area contributed by atoms with Crippen molar-refractivity contribution in [2.24, 2.45) is 11.8 Å². The molecule has 0 N–H and O–H groups in total. The van der Waals surface area contributed by atoms with Crippen molar-refractivity contribution in [2.75, 3.05) is 0 Å². The van der Waals surface area contributed by atoms with Crippen molar-refractivity contribution in [3.05, 3.63) is 6.92 Å². The molecule has 0 saturated carbocycles. The molecule has 0 bridgehead atoms. The van der Waals surface area contributed by atoms with Gasteiger partial charge in [0.25, 0.3) is 0 Å². The Balaban J connectivity index is 3.19. The molecule has 17 heavy (non-hydrogen) atoms. The maximum Gasteiger partial charge on any atom is -0.0443 e. The van der Waals surface area contributed by atoms with E-state index in [-0.39, 0.29) is 0 Å². The molecule has 0 spiro atoms. The van der Waals surface area contributed by atoms with Gasteiger partial charge in [0.1, 0.15) is 0 Å². The summed E-state index contributed by atoms with van der Waals surface area (Å²) in [5.41, 5.74) is 0. The SMILES string of the molecule is [CH2]CC(C)CCC(C)CCCCCCCCC. The van der Waals surface area contributed by atoms with Crippen molar-refractivity contribution >= 4 is 0 Å². The molecule has 0 heteroatoms. The summed E-state index contributed by atoms with van der Waals surface area (Å²) < 4.78 is 0. The van der Waals surface area contributed by atoms with Gasteiger partial charge < -0.3 is 0 Å². The van der Waals surface area contributed by atoms with Crippen LogP contribution in [-0.2, 0) is 0 Å². The Bertz CT molecular complexity index is 139. The number of rotatable bonds is 12. The van der Waals surface area contributed by atoms with Crippen LogP contribution >= 0.6 is 0 Å². The highest BCUT2D eigenvalue weighted by atomic mass is 14.1. The second-order valence-corrected chi connectivity index (χ2v) is 5.99. The van der Waals surface area contributed by atoms with Crippen LogP contribution in [0.25, 0.3) is 0 Å². The summed E-state index contributed by atoms with van der Waals surface area (Å²) in [5.74, 6) is 1.76. The Morgan fingerprint density at radius 1 is 0.706 bits per heavy atom. The third kappa shape index (κ3) is 12.2. The highest BCUT2D eigenvalue weighted by Gasteiger charge is 2.05. The van der Waals surface area contributed by atoms with E-state index in [2.05, 4.69) is 27.7 Å². The average molecular weight is 239 g/mol. The highest BCUT2D eigenvalue weighted by molar-refractivity contribution is 4.59. The summed E-state index contributed by atoms with van der Waals surface area (Å²) in [7, 11) is 0. The Labute approximate surface area is 111 Å². The maximum absolute atomic E-state index is 3.97. The predicted molar refractivity (Wildman–Crippen MR) is 80.1 cm³/mol. The first-order chi connectivity index (χ1) is 8.20. The lowest BCUT2D eigenvalue weighted by atomic mass is 9.92. The van der Waals surface area contributed by atoms with Gasteiger partial charge in [-0.25, -0.2) is 0 Å².